The van der Waals surface area contributed by atoms with Gasteiger partial charge in [0, 0.05) is 17.0 Å². The minimum Gasteiger partial charge on any atom is -0.493 e. The standard InChI is InChI=1S/C12H14ClNO3S/c13-8-1-4-12-10(7-8)11(5-6-17-12)14-18(15,16)9-2-3-9/h1,4,7,9,11,14H,2-3,5-6H2. The van der Waals surface area contributed by atoms with Gasteiger partial charge in [0.25, 0.3) is 0 Å². The molecule has 0 aromatic heterocycles. The predicted octanol–water partition coefficient (Wildman–Crippen LogP) is 2.25. The SMILES string of the molecule is O=S(=O)(NC1CCOc2ccc(Cl)cc21)C1CC1. The van der Waals surface area contributed by atoms with Gasteiger partial charge in [0.05, 0.1) is 17.9 Å². The molecule has 1 aliphatic carbocycles. The molecule has 4 nitrogen and oxygen atoms in total. The zero-order valence-corrected chi connectivity index (χ0v) is 11.3. The lowest BCUT2D eigenvalue weighted by Gasteiger charge is -2.26. The van der Waals surface area contributed by atoms with Crippen LogP contribution in [0.4, 0.5) is 0 Å². The second-order valence-corrected chi connectivity index (χ2v) is 7.16. The van der Waals surface area contributed by atoms with Gasteiger partial charge >= 0.3 is 0 Å². The highest BCUT2D eigenvalue weighted by Crippen LogP contribution is 2.36. The molecule has 1 saturated carbocycles. The summed E-state index contributed by atoms with van der Waals surface area (Å²) >= 11 is 5.96. The lowest BCUT2D eigenvalue weighted by atomic mass is 10.0. The van der Waals surface area contributed by atoms with Crippen molar-refractivity contribution in [3.8, 4) is 5.75 Å². The topological polar surface area (TPSA) is 55.4 Å². The molecule has 3 rings (SSSR count). The van der Waals surface area contributed by atoms with E-state index in [0.29, 0.717) is 23.8 Å². The second kappa shape index (κ2) is 4.40. The van der Waals surface area contributed by atoms with Crippen molar-refractivity contribution in [1.82, 2.24) is 4.72 Å². The van der Waals surface area contributed by atoms with Gasteiger partial charge in [0.15, 0.2) is 0 Å². The lowest BCUT2D eigenvalue weighted by Crippen LogP contribution is -2.34. The molecule has 2 aliphatic rings. The van der Waals surface area contributed by atoms with Gasteiger partial charge in [-0.25, -0.2) is 13.1 Å². The van der Waals surface area contributed by atoms with Crippen LogP contribution in [0.1, 0.15) is 30.9 Å². The zero-order valence-electron chi connectivity index (χ0n) is 9.73. The van der Waals surface area contributed by atoms with Crippen LogP contribution in [-0.2, 0) is 10.0 Å². The van der Waals surface area contributed by atoms with Crippen LogP contribution >= 0.6 is 11.6 Å². The molecule has 98 valence electrons. The molecular weight excluding hydrogens is 274 g/mol. The first-order valence-corrected chi connectivity index (χ1v) is 7.92. The largest absolute Gasteiger partial charge is 0.493 e. The summed E-state index contributed by atoms with van der Waals surface area (Å²) < 4.78 is 32.2. The van der Waals surface area contributed by atoms with Gasteiger partial charge in [0.2, 0.25) is 10.0 Å². The Morgan fingerprint density at radius 1 is 1.28 bits per heavy atom. The third-order valence-corrected chi connectivity index (χ3v) is 5.48. The molecule has 18 heavy (non-hydrogen) atoms. The molecule has 1 atom stereocenters. The molecule has 6 heteroatoms. The van der Waals surface area contributed by atoms with Crippen molar-refractivity contribution >= 4 is 21.6 Å². The highest BCUT2D eigenvalue weighted by Gasteiger charge is 2.38. The maximum atomic E-state index is 12.0. The maximum absolute atomic E-state index is 12.0. The smallest absolute Gasteiger partial charge is 0.215 e. The number of sulfonamides is 1. The van der Waals surface area contributed by atoms with Crippen LogP contribution in [0.5, 0.6) is 5.75 Å². The van der Waals surface area contributed by atoms with E-state index in [2.05, 4.69) is 4.72 Å². The molecule has 1 aliphatic heterocycles. The van der Waals surface area contributed by atoms with E-state index in [4.69, 9.17) is 16.3 Å². The predicted molar refractivity (Wildman–Crippen MR) is 69.4 cm³/mol. The maximum Gasteiger partial charge on any atom is 0.215 e. The van der Waals surface area contributed by atoms with Crippen LogP contribution < -0.4 is 9.46 Å². The average Bonchev–Trinajstić information content (AvgIpc) is 3.13. The molecule has 1 aromatic rings. The Balaban J connectivity index is 1.89. The quantitative estimate of drug-likeness (QED) is 0.928. The number of nitrogens with one attached hydrogen (secondary N) is 1. The van der Waals surface area contributed by atoms with E-state index in [9.17, 15) is 8.42 Å². The number of benzene rings is 1. The van der Waals surface area contributed by atoms with Gasteiger partial charge in [-0.15, -0.1) is 0 Å². The van der Waals surface area contributed by atoms with Gasteiger partial charge in [0.1, 0.15) is 5.75 Å². The Morgan fingerprint density at radius 2 is 2.06 bits per heavy atom. The van der Waals surface area contributed by atoms with E-state index in [1.165, 1.54) is 0 Å². The van der Waals surface area contributed by atoms with Crippen molar-refractivity contribution in [3.63, 3.8) is 0 Å². The summed E-state index contributed by atoms with van der Waals surface area (Å²) in [7, 11) is -3.19. The number of fused-ring (bicyclic) bond motifs is 1. The first kappa shape index (κ1) is 12.3. The van der Waals surface area contributed by atoms with E-state index in [0.717, 1.165) is 18.4 Å². The van der Waals surface area contributed by atoms with Crippen LogP contribution in [0, 0.1) is 0 Å². The number of rotatable bonds is 3. The normalized spacial score (nSPS) is 23.3. The van der Waals surface area contributed by atoms with Crippen molar-refractivity contribution in [1.29, 1.82) is 0 Å². The van der Waals surface area contributed by atoms with E-state index in [-0.39, 0.29) is 11.3 Å². The molecule has 1 heterocycles. The van der Waals surface area contributed by atoms with E-state index in [1.807, 2.05) is 0 Å². The van der Waals surface area contributed by atoms with Crippen molar-refractivity contribution < 1.29 is 13.2 Å². The zero-order chi connectivity index (χ0) is 12.8. The monoisotopic (exact) mass is 287 g/mol. The van der Waals surface area contributed by atoms with Gasteiger partial charge in [-0.1, -0.05) is 11.6 Å². The van der Waals surface area contributed by atoms with Crippen LogP contribution in [0.2, 0.25) is 5.02 Å². The third-order valence-electron chi connectivity index (χ3n) is 3.28. The molecule has 0 amide bonds. The molecule has 0 bridgehead atoms. The Labute approximate surface area is 111 Å². The molecule has 0 saturated heterocycles. The summed E-state index contributed by atoms with van der Waals surface area (Å²) in [5.41, 5.74) is 0.831. The summed E-state index contributed by atoms with van der Waals surface area (Å²) in [6.07, 6.45) is 2.17. The van der Waals surface area contributed by atoms with Gasteiger partial charge in [-0.05, 0) is 31.0 Å². The van der Waals surface area contributed by atoms with Crippen LogP contribution in [-0.4, -0.2) is 20.3 Å². The third kappa shape index (κ3) is 2.35. The Bertz CT molecular complexity index is 569. The van der Waals surface area contributed by atoms with Crippen LogP contribution in [0.15, 0.2) is 18.2 Å². The molecular formula is C12H14ClNO3S. The molecule has 0 spiro atoms. The molecule has 0 radical (unpaired) electrons. The highest BCUT2D eigenvalue weighted by molar-refractivity contribution is 7.90. The Hall–Kier alpha value is -0.780. The van der Waals surface area contributed by atoms with E-state index >= 15 is 0 Å². The van der Waals surface area contributed by atoms with Gasteiger partial charge < -0.3 is 4.74 Å². The second-order valence-electron chi connectivity index (χ2n) is 4.73. The summed E-state index contributed by atoms with van der Waals surface area (Å²) in [6.45, 7) is 0.520. The fraction of sp³-hybridized carbons (Fsp3) is 0.500. The van der Waals surface area contributed by atoms with Crippen LogP contribution in [0.25, 0.3) is 0 Å². The Morgan fingerprint density at radius 3 is 2.78 bits per heavy atom. The average molecular weight is 288 g/mol. The summed E-state index contributed by atoms with van der Waals surface area (Å²) in [6, 6.07) is 5.09. The minimum atomic E-state index is -3.19. The van der Waals surface area contributed by atoms with E-state index in [1.54, 1.807) is 18.2 Å². The molecule has 1 unspecified atom stereocenters. The van der Waals surface area contributed by atoms with Gasteiger partial charge in [-0.3, -0.25) is 0 Å². The molecule has 1 fully saturated rings. The lowest BCUT2D eigenvalue weighted by molar-refractivity contribution is 0.263. The molecule has 1 aromatic carbocycles. The van der Waals surface area contributed by atoms with E-state index < -0.39 is 10.0 Å². The van der Waals surface area contributed by atoms with Crippen molar-refractivity contribution in [2.24, 2.45) is 0 Å². The van der Waals surface area contributed by atoms with Crippen molar-refractivity contribution in [2.75, 3.05) is 6.61 Å². The van der Waals surface area contributed by atoms with Crippen molar-refractivity contribution in [2.45, 2.75) is 30.6 Å². The Kier molecular flexibility index (Phi) is 3.00. The fourth-order valence-corrected chi connectivity index (χ4v) is 3.93. The fourth-order valence-electron chi connectivity index (χ4n) is 2.16. The summed E-state index contributed by atoms with van der Waals surface area (Å²) in [5.74, 6) is 0.717. The summed E-state index contributed by atoms with van der Waals surface area (Å²) in [4.78, 5) is 0. The van der Waals surface area contributed by atoms with Crippen molar-refractivity contribution in [3.05, 3.63) is 28.8 Å². The first-order valence-electron chi connectivity index (χ1n) is 6.00. The minimum absolute atomic E-state index is 0.206. The van der Waals surface area contributed by atoms with Crippen LogP contribution in [0.3, 0.4) is 0 Å². The van der Waals surface area contributed by atoms with Gasteiger partial charge in [-0.2, -0.15) is 0 Å². The number of ether oxygens (including phenoxy) is 1. The molecule has 1 N–H and O–H groups in total. The highest BCUT2D eigenvalue weighted by atomic mass is 35.5. The first-order chi connectivity index (χ1) is 8.56. The number of halogens is 1. The number of hydrogen-bond acceptors (Lipinski definition) is 3. The summed E-state index contributed by atoms with van der Waals surface area (Å²) in [5, 5.41) is 0.387. The number of hydrogen-bond donors (Lipinski definition) is 1.